The van der Waals surface area contributed by atoms with Crippen LogP contribution in [0.4, 0.5) is 17.3 Å². The van der Waals surface area contributed by atoms with Gasteiger partial charge in [0.15, 0.2) is 17.7 Å². The highest BCUT2D eigenvalue weighted by Crippen LogP contribution is 2.45. The normalized spacial score (nSPS) is 14.2. The number of halogens is 1. The summed E-state index contributed by atoms with van der Waals surface area (Å²) >= 11 is 3.40. The number of hydrogen-bond acceptors (Lipinski definition) is 11. The molecule has 0 saturated heterocycles. The number of esters is 1. The molecule has 2 aromatic rings. The summed E-state index contributed by atoms with van der Waals surface area (Å²) in [4.78, 5) is 20.2. The van der Waals surface area contributed by atoms with Gasteiger partial charge in [-0.1, -0.05) is 0 Å². The van der Waals surface area contributed by atoms with Gasteiger partial charge in [0, 0.05) is 12.5 Å². The van der Waals surface area contributed by atoms with E-state index in [1.165, 1.54) is 6.92 Å². The van der Waals surface area contributed by atoms with Crippen molar-refractivity contribution in [1.29, 1.82) is 10.5 Å². The molecule has 0 bridgehead atoms. The molecule has 12 heteroatoms. The maximum Gasteiger partial charge on any atom is 0.308 e. The monoisotopic (exact) mass is 484 g/mol. The van der Waals surface area contributed by atoms with E-state index in [2.05, 4.69) is 36.5 Å². The van der Waals surface area contributed by atoms with Gasteiger partial charge < -0.3 is 26.3 Å². The molecule has 0 fully saturated rings. The van der Waals surface area contributed by atoms with E-state index in [1.807, 2.05) is 6.07 Å². The molecule has 1 aromatic carbocycles. The summed E-state index contributed by atoms with van der Waals surface area (Å²) in [5.41, 5.74) is 13.2. The van der Waals surface area contributed by atoms with Gasteiger partial charge in [-0.3, -0.25) is 10.1 Å². The standard InChI is InChI=1S/C19H17BrN8O3/c1-3-30-12-5-9(4-11(20)16(12)31-8(2)29)15-13-14(23)10(6-21)17(24)27-18(13)28-19(26-15)25-7-22/h4-5,15H,3H2,1-2H3,(H6,23,24,25,26,27,28). The van der Waals surface area contributed by atoms with Crippen LogP contribution >= 0.6 is 15.9 Å². The van der Waals surface area contributed by atoms with Crippen LogP contribution in [0.1, 0.15) is 36.6 Å². The molecule has 0 radical (unpaired) electrons. The average Bonchev–Trinajstić information content (AvgIpc) is 2.70. The number of carbonyl (C=O) groups excluding carboxylic acids is 1. The molecule has 158 valence electrons. The SMILES string of the molecule is CCOc1cc(C2N=C(NC#N)Nc3nc(N)c(C#N)c(N)c32)cc(Br)c1OC(C)=O. The number of ether oxygens (including phenoxy) is 2. The molecule has 1 atom stereocenters. The van der Waals surface area contributed by atoms with Crippen molar-refractivity contribution < 1.29 is 14.3 Å². The Bertz CT molecular complexity index is 1180. The predicted octanol–water partition coefficient (Wildman–Crippen LogP) is 2.15. The van der Waals surface area contributed by atoms with Crippen LogP contribution in [0, 0.1) is 22.8 Å². The summed E-state index contributed by atoms with van der Waals surface area (Å²) in [6.45, 7) is 3.38. The summed E-state index contributed by atoms with van der Waals surface area (Å²) in [6.07, 6.45) is 1.79. The lowest BCUT2D eigenvalue weighted by Crippen LogP contribution is -2.32. The van der Waals surface area contributed by atoms with Crippen LogP contribution in [-0.2, 0) is 4.79 Å². The van der Waals surface area contributed by atoms with Crippen molar-refractivity contribution in [2.45, 2.75) is 19.9 Å². The minimum absolute atomic E-state index is 0.0260. The maximum absolute atomic E-state index is 11.5. The van der Waals surface area contributed by atoms with Crippen LogP contribution < -0.4 is 31.6 Å². The first-order valence-corrected chi connectivity index (χ1v) is 9.73. The van der Waals surface area contributed by atoms with E-state index in [1.54, 1.807) is 25.2 Å². The zero-order valence-corrected chi connectivity index (χ0v) is 18.1. The number of guanidine groups is 1. The summed E-state index contributed by atoms with van der Waals surface area (Å²) in [7, 11) is 0. The summed E-state index contributed by atoms with van der Waals surface area (Å²) in [5, 5.41) is 23.7. The van der Waals surface area contributed by atoms with E-state index in [0.29, 0.717) is 28.0 Å². The number of nitrogens with two attached hydrogens (primary N) is 2. The number of nitrogens with one attached hydrogen (secondary N) is 2. The average molecular weight is 485 g/mol. The Morgan fingerprint density at radius 2 is 2.13 bits per heavy atom. The van der Waals surface area contributed by atoms with Crippen LogP contribution in [0.2, 0.25) is 0 Å². The first kappa shape index (κ1) is 21.7. The predicted molar refractivity (Wildman–Crippen MR) is 116 cm³/mol. The Hall–Kier alpha value is -4.03. The summed E-state index contributed by atoms with van der Waals surface area (Å²) in [6, 6.07) is 4.50. The largest absolute Gasteiger partial charge is 0.490 e. The number of aromatic nitrogens is 1. The molecule has 6 N–H and O–H groups in total. The van der Waals surface area contributed by atoms with E-state index >= 15 is 0 Å². The third kappa shape index (κ3) is 4.15. The maximum atomic E-state index is 11.5. The van der Waals surface area contributed by atoms with Gasteiger partial charge in [0.2, 0.25) is 5.96 Å². The van der Waals surface area contributed by atoms with E-state index in [0.717, 1.165) is 0 Å². The first-order valence-electron chi connectivity index (χ1n) is 8.94. The van der Waals surface area contributed by atoms with Crippen molar-refractivity contribution >= 4 is 45.2 Å². The topological polar surface area (TPSA) is 184 Å². The zero-order chi connectivity index (χ0) is 22.7. The van der Waals surface area contributed by atoms with Crippen molar-refractivity contribution in [1.82, 2.24) is 10.3 Å². The van der Waals surface area contributed by atoms with Gasteiger partial charge in [-0.05, 0) is 40.5 Å². The number of fused-ring (bicyclic) bond motifs is 1. The van der Waals surface area contributed by atoms with Gasteiger partial charge in [0.1, 0.15) is 29.3 Å². The Morgan fingerprint density at radius 1 is 1.39 bits per heavy atom. The molecule has 1 unspecified atom stereocenters. The molecule has 1 aromatic heterocycles. The van der Waals surface area contributed by atoms with Crippen LogP contribution in [0.15, 0.2) is 21.6 Å². The number of nitrogen functional groups attached to an aromatic ring is 2. The molecule has 1 aliphatic rings. The number of aliphatic imine (C=N–C) groups is 1. The number of benzene rings is 1. The molecule has 31 heavy (non-hydrogen) atoms. The fraction of sp³-hybridized carbons (Fsp3) is 0.211. The Balaban J connectivity index is 2.25. The van der Waals surface area contributed by atoms with Gasteiger partial charge in [-0.2, -0.15) is 10.5 Å². The summed E-state index contributed by atoms with van der Waals surface area (Å²) in [5.74, 6) is 0.328. The molecule has 11 nitrogen and oxygen atoms in total. The van der Waals surface area contributed by atoms with Crippen molar-refractivity contribution in [3.63, 3.8) is 0 Å². The highest BCUT2D eigenvalue weighted by Gasteiger charge is 2.31. The van der Waals surface area contributed by atoms with Crippen LogP contribution in [-0.4, -0.2) is 23.5 Å². The van der Waals surface area contributed by atoms with E-state index in [4.69, 9.17) is 26.2 Å². The Kier molecular flexibility index (Phi) is 6.13. The number of pyridine rings is 1. The molecule has 3 rings (SSSR count). The van der Waals surface area contributed by atoms with E-state index in [-0.39, 0.29) is 34.6 Å². The quantitative estimate of drug-likeness (QED) is 0.216. The second-order valence-corrected chi connectivity index (χ2v) is 7.11. The highest BCUT2D eigenvalue weighted by atomic mass is 79.9. The molecular weight excluding hydrogens is 468 g/mol. The molecule has 0 amide bonds. The molecule has 1 aliphatic heterocycles. The van der Waals surface area contributed by atoms with Crippen LogP contribution in [0.5, 0.6) is 11.5 Å². The third-order valence-corrected chi connectivity index (χ3v) is 4.84. The number of anilines is 3. The van der Waals surface area contributed by atoms with Crippen molar-refractivity contribution in [3.05, 3.63) is 33.3 Å². The van der Waals surface area contributed by atoms with Crippen LogP contribution in [0.3, 0.4) is 0 Å². The fourth-order valence-electron chi connectivity index (χ4n) is 3.07. The molecule has 0 saturated carbocycles. The second-order valence-electron chi connectivity index (χ2n) is 6.26. The van der Waals surface area contributed by atoms with Gasteiger partial charge in [0.05, 0.1) is 16.8 Å². The third-order valence-electron chi connectivity index (χ3n) is 4.25. The minimum Gasteiger partial charge on any atom is -0.490 e. The lowest BCUT2D eigenvalue weighted by atomic mass is 9.95. The molecule has 0 spiro atoms. The van der Waals surface area contributed by atoms with E-state index in [9.17, 15) is 10.1 Å². The first-order chi connectivity index (χ1) is 14.8. The highest BCUT2D eigenvalue weighted by molar-refractivity contribution is 9.10. The number of carbonyl (C=O) groups is 1. The number of rotatable bonds is 4. The minimum atomic E-state index is -0.769. The van der Waals surface area contributed by atoms with Gasteiger partial charge in [-0.25, -0.2) is 9.98 Å². The Labute approximate surface area is 185 Å². The molecule has 0 aliphatic carbocycles. The lowest BCUT2D eigenvalue weighted by Gasteiger charge is -2.27. The van der Waals surface area contributed by atoms with Gasteiger partial charge in [0.25, 0.3) is 0 Å². The van der Waals surface area contributed by atoms with Gasteiger partial charge in [-0.15, -0.1) is 0 Å². The number of hydrogen-bond donors (Lipinski definition) is 4. The van der Waals surface area contributed by atoms with Crippen LogP contribution in [0.25, 0.3) is 0 Å². The zero-order valence-electron chi connectivity index (χ0n) is 16.5. The second kappa shape index (κ2) is 8.77. The summed E-state index contributed by atoms with van der Waals surface area (Å²) < 4.78 is 11.4. The van der Waals surface area contributed by atoms with Gasteiger partial charge >= 0.3 is 5.97 Å². The molecular formula is C19H17BrN8O3. The number of nitrogens with zero attached hydrogens (tertiary/aromatic N) is 4. The smallest absolute Gasteiger partial charge is 0.308 e. The fourth-order valence-corrected chi connectivity index (χ4v) is 3.61. The van der Waals surface area contributed by atoms with Crippen molar-refractivity contribution in [2.75, 3.05) is 23.4 Å². The van der Waals surface area contributed by atoms with E-state index < -0.39 is 12.0 Å². The number of nitriles is 2. The van der Waals surface area contributed by atoms with Crippen molar-refractivity contribution in [2.24, 2.45) is 4.99 Å². The Morgan fingerprint density at radius 3 is 2.74 bits per heavy atom. The molecule has 2 heterocycles. The van der Waals surface area contributed by atoms with Crippen molar-refractivity contribution in [3.8, 4) is 23.8 Å². The lowest BCUT2D eigenvalue weighted by molar-refractivity contribution is -0.132.